The molecule has 0 saturated heterocycles. The van der Waals surface area contributed by atoms with Crippen LogP contribution in [0.2, 0.25) is 0 Å². The van der Waals surface area contributed by atoms with Crippen LogP contribution in [0.4, 0.5) is 0 Å². The number of unbranched alkanes of at least 4 members (excludes halogenated alkanes) is 1. The minimum Gasteiger partial charge on any atom is -0.476 e. The molecular formula is C18H28O3. The van der Waals surface area contributed by atoms with Crippen molar-refractivity contribution in [2.75, 3.05) is 6.61 Å². The summed E-state index contributed by atoms with van der Waals surface area (Å²) in [6.07, 6.45) is 3.46. The Hall–Kier alpha value is -1.51. The molecule has 0 aliphatic heterocycles. The smallest absolute Gasteiger partial charge is 0.349 e. The van der Waals surface area contributed by atoms with Crippen LogP contribution in [0.3, 0.4) is 0 Å². The van der Waals surface area contributed by atoms with Gasteiger partial charge < -0.3 is 9.47 Å². The molecule has 0 aliphatic carbocycles. The van der Waals surface area contributed by atoms with E-state index in [0.717, 1.165) is 23.3 Å². The SMILES string of the molecule is CCCCc1cc(C)c(OC(C)(C)C(=O)OCC)c(C)c1. The Kier molecular flexibility index (Phi) is 6.25. The van der Waals surface area contributed by atoms with Crippen LogP contribution >= 0.6 is 0 Å². The summed E-state index contributed by atoms with van der Waals surface area (Å²) in [5.74, 6) is 0.451. The van der Waals surface area contributed by atoms with Crippen molar-refractivity contribution in [3.8, 4) is 5.75 Å². The molecule has 1 rings (SSSR count). The first-order valence-corrected chi connectivity index (χ1v) is 7.78. The lowest BCUT2D eigenvalue weighted by Gasteiger charge is -2.26. The van der Waals surface area contributed by atoms with Gasteiger partial charge in [0.05, 0.1) is 6.61 Å². The van der Waals surface area contributed by atoms with E-state index in [1.807, 2.05) is 13.8 Å². The maximum atomic E-state index is 12.0. The lowest BCUT2D eigenvalue weighted by atomic mass is 10.0. The zero-order valence-electron chi connectivity index (χ0n) is 14.2. The first-order valence-electron chi connectivity index (χ1n) is 7.78. The normalized spacial score (nSPS) is 11.3. The fourth-order valence-corrected chi connectivity index (χ4v) is 2.33. The average molecular weight is 292 g/mol. The summed E-state index contributed by atoms with van der Waals surface area (Å²) >= 11 is 0. The summed E-state index contributed by atoms with van der Waals surface area (Å²) in [6.45, 7) is 11.9. The molecule has 0 unspecified atom stereocenters. The summed E-state index contributed by atoms with van der Waals surface area (Å²) in [7, 11) is 0. The second-order valence-corrected chi connectivity index (χ2v) is 6.00. The Morgan fingerprint density at radius 3 is 2.19 bits per heavy atom. The highest BCUT2D eigenvalue weighted by atomic mass is 16.6. The van der Waals surface area contributed by atoms with E-state index in [1.165, 1.54) is 18.4 Å². The predicted octanol–water partition coefficient (Wildman–Crippen LogP) is 4.37. The van der Waals surface area contributed by atoms with Crippen molar-refractivity contribution in [1.82, 2.24) is 0 Å². The molecule has 21 heavy (non-hydrogen) atoms. The number of aryl methyl sites for hydroxylation is 3. The summed E-state index contributed by atoms with van der Waals surface area (Å²) in [5, 5.41) is 0. The van der Waals surface area contributed by atoms with Crippen molar-refractivity contribution in [1.29, 1.82) is 0 Å². The van der Waals surface area contributed by atoms with Gasteiger partial charge in [-0.3, -0.25) is 0 Å². The second kappa shape index (κ2) is 7.48. The molecular weight excluding hydrogens is 264 g/mol. The molecule has 3 heteroatoms. The Labute approximate surface area is 128 Å². The van der Waals surface area contributed by atoms with E-state index >= 15 is 0 Å². The number of ether oxygens (including phenoxy) is 2. The quantitative estimate of drug-likeness (QED) is 0.700. The molecule has 0 spiro atoms. The van der Waals surface area contributed by atoms with Crippen molar-refractivity contribution in [3.63, 3.8) is 0 Å². The van der Waals surface area contributed by atoms with Crippen LogP contribution < -0.4 is 4.74 Å². The summed E-state index contributed by atoms with van der Waals surface area (Å²) in [5.41, 5.74) is 2.49. The predicted molar refractivity (Wildman–Crippen MR) is 85.9 cm³/mol. The van der Waals surface area contributed by atoms with Gasteiger partial charge in [-0.1, -0.05) is 25.5 Å². The minimum absolute atomic E-state index is 0.334. The van der Waals surface area contributed by atoms with Crippen LogP contribution in [-0.2, 0) is 16.0 Å². The number of benzene rings is 1. The van der Waals surface area contributed by atoms with Crippen LogP contribution in [0.15, 0.2) is 12.1 Å². The fourth-order valence-electron chi connectivity index (χ4n) is 2.33. The number of carbonyl (C=O) groups is 1. The highest BCUT2D eigenvalue weighted by molar-refractivity contribution is 5.79. The minimum atomic E-state index is -0.976. The first-order chi connectivity index (χ1) is 9.81. The van der Waals surface area contributed by atoms with Crippen LogP contribution in [0, 0.1) is 13.8 Å². The van der Waals surface area contributed by atoms with Gasteiger partial charge in [-0.2, -0.15) is 0 Å². The van der Waals surface area contributed by atoms with E-state index < -0.39 is 5.60 Å². The Balaban J connectivity index is 2.96. The Morgan fingerprint density at radius 2 is 1.71 bits per heavy atom. The third-order valence-corrected chi connectivity index (χ3v) is 3.46. The van der Waals surface area contributed by atoms with Crippen molar-refractivity contribution in [2.45, 2.75) is 66.4 Å². The molecule has 0 aliphatic rings. The van der Waals surface area contributed by atoms with E-state index in [9.17, 15) is 4.79 Å². The van der Waals surface area contributed by atoms with Crippen LogP contribution in [0.5, 0.6) is 5.75 Å². The monoisotopic (exact) mass is 292 g/mol. The molecule has 3 nitrogen and oxygen atoms in total. The van der Waals surface area contributed by atoms with E-state index in [-0.39, 0.29) is 5.97 Å². The zero-order valence-corrected chi connectivity index (χ0v) is 14.2. The molecule has 0 aromatic heterocycles. The summed E-state index contributed by atoms with van der Waals surface area (Å²) < 4.78 is 11.0. The van der Waals surface area contributed by atoms with E-state index in [2.05, 4.69) is 19.1 Å². The third-order valence-electron chi connectivity index (χ3n) is 3.46. The molecule has 0 amide bonds. The molecule has 0 bridgehead atoms. The highest BCUT2D eigenvalue weighted by Gasteiger charge is 2.32. The topological polar surface area (TPSA) is 35.5 Å². The molecule has 118 valence electrons. The van der Waals surface area contributed by atoms with Gasteiger partial charge in [0.25, 0.3) is 0 Å². The van der Waals surface area contributed by atoms with E-state index in [4.69, 9.17) is 9.47 Å². The second-order valence-electron chi connectivity index (χ2n) is 6.00. The molecule has 0 atom stereocenters. The van der Waals surface area contributed by atoms with Gasteiger partial charge in [-0.15, -0.1) is 0 Å². The number of hydrogen-bond acceptors (Lipinski definition) is 3. The lowest BCUT2D eigenvalue weighted by molar-refractivity contribution is -0.158. The molecule has 1 aromatic carbocycles. The van der Waals surface area contributed by atoms with Gasteiger partial charge in [-0.05, 0) is 64.2 Å². The maximum absolute atomic E-state index is 12.0. The number of rotatable bonds is 7. The molecule has 0 radical (unpaired) electrons. The van der Waals surface area contributed by atoms with Crippen molar-refractivity contribution in [3.05, 3.63) is 28.8 Å². The lowest BCUT2D eigenvalue weighted by Crippen LogP contribution is -2.40. The molecule has 0 N–H and O–H groups in total. The van der Waals surface area contributed by atoms with Gasteiger partial charge in [0.2, 0.25) is 0 Å². The maximum Gasteiger partial charge on any atom is 0.349 e. The Morgan fingerprint density at radius 1 is 1.14 bits per heavy atom. The number of hydrogen-bond donors (Lipinski definition) is 0. The first kappa shape index (κ1) is 17.5. The Bertz CT molecular complexity index is 466. The summed E-state index contributed by atoms with van der Waals surface area (Å²) in [4.78, 5) is 12.0. The van der Waals surface area contributed by atoms with Crippen molar-refractivity contribution >= 4 is 5.97 Å². The molecule has 0 heterocycles. The van der Waals surface area contributed by atoms with Gasteiger partial charge in [0, 0.05) is 0 Å². The van der Waals surface area contributed by atoms with Crippen LogP contribution in [-0.4, -0.2) is 18.2 Å². The van der Waals surface area contributed by atoms with Crippen molar-refractivity contribution in [2.24, 2.45) is 0 Å². The molecule has 0 saturated carbocycles. The van der Waals surface area contributed by atoms with Crippen molar-refractivity contribution < 1.29 is 14.3 Å². The highest BCUT2D eigenvalue weighted by Crippen LogP contribution is 2.29. The standard InChI is InChI=1S/C18H28O3/c1-7-9-10-15-11-13(3)16(14(4)12-15)21-18(5,6)17(19)20-8-2/h11-12H,7-10H2,1-6H3. The summed E-state index contributed by atoms with van der Waals surface area (Å²) in [6, 6.07) is 4.30. The van der Waals surface area contributed by atoms with Crippen LogP contribution in [0.25, 0.3) is 0 Å². The molecule has 1 aromatic rings. The van der Waals surface area contributed by atoms with Gasteiger partial charge in [0.1, 0.15) is 5.75 Å². The third kappa shape index (κ3) is 4.76. The largest absolute Gasteiger partial charge is 0.476 e. The average Bonchev–Trinajstić information content (AvgIpc) is 2.41. The fraction of sp³-hybridized carbons (Fsp3) is 0.611. The van der Waals surface area contributed by atoms with E-state index in [0.29, 0.717) is 6.61 Å². The zero-order chi connectivity index (χ0) is 16.0. The number of carbonyl (C=O) groups excluding carboxylic acids is 1. The number of esters is 1. The van der Waals surface area contributed by atoms with Crippen LogP contribution in [0.1, 0.15) is 57.2 Å². The molecule has 0 fully saturated rings. The van der Waals surface area contributed by atoms with Gasteiger partial charge in [0.15, 0.2) is 5.60 Å². The van der Waals surface area contributed by atoms with E-state index in [1.54, 1.807) is 20.8 Å². The van der Waals surface area contributed by atoms with Gasteiger partial charge >= 0.3 is 5.97 Å². The van der Waals surface area contributed by atoms with Gasteiger partial charge in [-0.25, -0.2) is 4.79 Å².